The summed E-state index contributed by atoms with van der Waals surface area (Å²) < 4.78 is 0. The van der Waals surface area contributed by atoms with Gasteiger partial charge in [-0.1, -0.05) is 17.4 Å². The van der Waals surface area contributed by atoms with Gasteiger partial charge in [0.15, 0.2) is 5.13 Å². The molecule has 0 saturated heterocycles. The molecule has 21 heavy (non-hydrogen) atoms. The topological polar surface area (TPSA) is 80.0 Å². The van der Waals surface area contributed by atoms with E-state index in [0.29, 0.717) is 10.0 Å². The second-order valence-corrected chi connectivity index (χ2v) is 7.80. The largest absolute Gasteiger partial charge is 0.382 e. The Bertz CT molecular complexity index is 613. The van der Waals surface area contributed by atoms with Crippen molar-refractivity contribution in [1.29, 1.82) is 0 Å². The molecule has 4 N–H and O–H groups in total. The van der Waals surface area contributed by atoms with Crippen LogP contribution in [0.3, 0.4) is 0 Å². The lowest BCUT2D eigenvalue weighted by Crippen LogP contribution is -2.26. The highest BCUT2D eigenvalue weighted by atomic mass is 32.1. The van der Waals surface area contributed by atoms with Crippen LogP contribution in [-0.2, 0) is 0 Å². The summed E-state index contributed by atoms with van der Waals surface area (Å²) in [6.07, 6.45) is 0. The number of rotatable bonds is 4. The van der Waals surface area contributed by atoms with Crippen LogP contribution in [0.4, 0.5) is 10.9 Å². The molecule has 1 amide bonds. The number of carbonyl (C=O) groups excluding carboxylic acids is 1. The number of thiophene rings is 1. The third-order valence-electron chi connectivity index (χ3n) is 2.66. The number of anilines is 2. The molecule has 5 nitrogen and oxygen atoms in total. The number of nitrogens with one attached hydrogen (secondary N) is 2. The van der Waals surface area contributed by atoms with E-state index < -0.39 is 0 Å². The van der Waals surface area contributed by atoms with E-state index in [1.165, 1.54) is 11.3 Å². The van der Waals surface area contributed by atoms with E-state index in [0.717, 1.165) is 4.88 Å². The van der Waals surface area contributed by atoms with Gasteiger partial charge in [0.2, 0.25) is 0 Å². The maximum Gasteiger partial charge on any atom is 0.265 e. The predicted molar refractivity (Wildman–Crippen MR) is 90.1 cm³/mol. The normalized spacial score (nSPS) is 13.0. The fraction of sp³-hybridized carbons (Fsp3) is 0.429. The summed E-state index contributed by atoms with van der Waals surface area (Å²) in [7, 11) is 0. The van der Waals surface area contributed by atoms with Crippen LogP contribution < -0.4 is 16.4 Å². The Labute approximate surface area is 132 Å². The van der Waals surface area contributed by atoms with Crippen molar-refractivity contribution in [1.82, 2.24) is 10.3 Å². The summed E-state index contributed by atoms with van der Waals surface area (Å²) in [5.74, 6) is 0.0792. The van der Waals surface area contributed by atoms with Crippen LogP contribution in [0.15, 0.2) is 17.5 Å². The quantitative estimate of drug-likeness (QED) is 0.804. The molecular formula is C14H20N4OS2. The first-order valence-electron chi connectivity index (χ1n) is 6.65. The Morgan fingerprint density at radius 1 is 1.43 bits per heavy atom. The van der Waals surface area contributed by atoms with Crippen molar-refractivity contribution in [2.75, 3.05) is 11.1 Å². The minimum absolute atomic E-state index is 0.0435. The molecule has 114 valence electrons. The van der Waals surface area contributed by atoms with Gasteiger partial charge in [0.25, 0.3) is 5.91 Å². The molecule has 7 heteroatoms. The van der Waals surface area contributed by atoms with Gasteiger partial charge in [-0.3, -0.25) is 4.79 Å². The van der Waals surface area contributed by atoms with Crippen molar-refractivity contribution in [3.63, 3.8) is 0 Å². The number of nitrogen functional groups attached to an aromatic ring is 1. The van der Waals surface area contributed by atoms with Crippen LogP contribution in [-0.4, -0.2) is 16.4 Å². The van der Waals surface area contributed by atoms with Crippen molar-refractivity contribution < 1.29 is 4.79 Å². The van der Waals surface area contributed by atoms with Crippen molar-refractivity contribution >= 4 is 39.5 Å². The number of hydrogen-bond donors (Lipinski definition) is 3. The molecule has 0 aliphatic heterocycles. The van der Waals surface area contributed by atoms with Gasteiger partial charge in [-0.15, -0.1) is 11.3 Å². The lowest BCUT2D eigenvalue weighted by atomic mass is 10.1. The second-order valence-electron chi connectivity index (χ2n) is 5.82. The van der Waals surface area contributed by atoms with Gasteiger partial charge < -0.3 is 16.4 Å². The molecule has 1 unspecified atom stereocenters. The number of amides is 1. The summed E-state index contributed by atoms with van der Waals surface area (Å²) >= 11 is 2.89. The zero-order valence-corrected chi connectivity index (χ0v) is 14.2. The number of carbonyl (C=O) groups is 1. The lowest BCUT2D eigenvalue weighted by Gasteiger charge is -2.19. The van der Waals surface area contributed by atoms with Crippen molar-refractivity contribution in [2.45, 2.75) is 39.3 Å². The number of thiazole rings is 1. The lowest BCUT2D eigenvalue weighted by molar-refractivity contribution is 0.0945. The molecule has 2 aromatic heterocycles. The van der Waals surface area contributed by atoms with Crippen molar-refractivity contribution in [3.8, 4) is 0 Å². The first kappa shape index (κ1) is 15.8. The van der Waals surface area contributed by atoms with Crippen molar-refractivity contribution in [2.24, 2.45) is 0 Å². The van der Waals surface area contributed by atoms with Crippen LogP contribution in [0.5, 0.6) is 0 Å². The first-order valence-corrected chi connectivity index (χ1v) is 8.34. The molecule has 0 aromatic carbocycles. The number of aromatic nitrogens is 1. The number of hydrogen-bond acceptors (Lipinski definition) is 6. The van der Waals surface area contributed by atoms with E-state index in [-0.39, 0.29) is 23.3 Å². The van der Waals surface area contributed by atoms with E-state index in [1.54, 1.807) is 11.3 Å². The molecular weight excluding hydrogens is 304 g/mol. The average Bonchev–Trinajstić information content (AvgIpc) is 2.96. The van der Waals surface area contributed by atoms with E-state index >= 15 is 0 Å². The first-order chi connectivity index (χ1) is 9.76. The molecule has 0 spiro atoms. The van der Waals surface area contributed by atoms with Crippen LogP contribution in [0.2, 0.25) is 0 Å². The van der Waals surface area contributed by atoms with E-state index in [4.69, 9.17) is 5.73 Å². The van der Waals surface area contributed by atoms with E-state index in [2.05, 4.69) is 15.6 Å². The average molecular weight is 324 g/mol. The predicted octanol–water partition coefficient (Wildman–Crippen LogP) is 3.49. The van der Waals surface area contributed by atoms with Crippen LogP contribution in [0.1, 0.15) is 48.3 Å². The SMILES string of the molecule is CC(NC(=O)c1sc(NC(C)(C)C)nc1N)c1cccs1. The molecule has 0 fully saturated rings. The zero-order valence-electron chi connectivity index (χ0n) is 12.6. The highest BCUT2D eigenvalue weighted by molar-refractivity contribution is 7.18. The van der Waals surface area contributed by atoms with Crippen molar-refractivity contribution in [3.05, 3.63) is 27.3 Å². The maximum atomic E-state index is 12.3. The third kappa shape index (κ3) is 4.18. The molecule has 0 aliphatic carbocycles. The highest BCUT2D eigenvalue weighted by Gasteiger charge is 2.20. The van der Waals surface area contributed by atoms with Gasteiger partial charge in [-0.05, 0) is 39.1 Å². The molecule has 0 saturated carbocycles. The van der Waals surface area contributed by atoms with E-state index in [9.17, 15) is 4.79 Å². The molecule has 2 heterocycles. The summed E-state index contributed by atoms with van der Waals surface area (Å²) in [6, 6.07) is 3.92. The van der Waals surface area contributed by atoms with E-state index in [1.807, 2.05) is 45.2 Å². The van der Waals surface area contributed by atoms with Gasteiger partial charge in [0.1, 0.15) is 10.7 Å². The van der Waals surface area contributed by atoms with Gasteiger partial charge in [-0.2, -0.15) is 0 Å². The fourth-order valence-electron chi connectivity index (χ4n) is 1.74. The molecule has 0 aliphatic rings. The Kier molecular flexibility index (Phi) is 4.53. The minimum atomic E-state index is -0.187. The Hall–Kier alpha value is -1.60. The zero-order chi connectivity index (χ0) is 15.6. The summed E-state index contributed by atoms with van der Waals surface area (Å²) in [5, 5.41) is 8.83. The van der Waals surface area contributed by atoms with Crippen LogP contribution >= 0.6 is 22.7 Å². The number of nitrogens with two attached hydrogens (primary N) is 1. The van der Waals surface area contributed by atoms with Gasteiger partial charge in [-0.25, -0.2) is 4.98 Å². The number of nitrogens with zero attached hydrogens (tertiary/aromatic N) is 1. The standard InChI is InChI=1S/C14H20N4OS2/c1-8(9-6-5-7-20-9)16-12(19)10-11(15)17-13(21-10)18-14(2,3)4/h5-8H,15H2,1-4H3,(H,16,19)(H,17,18). The molecule has 2 rings (SSSR count). The maximum absolute atomic E-state index is 12.3. The smallest absolute Gasteiger partial charge is 0.265 e. The Morgan fingerprint density at radius 2 is 2.14 bits per heavy atom. The monoisotopic (exact) mass is 324 g/mol. The summed E-state index contributed by atoms with van der Waals surface area (Å²) in [5.41, 5.74) is 5.73. The Morgan fingerprint density at radius 3 is 2.71 bits per heavy atom. The van der Waals surface area contributed by atoms with Gasteiger partial charge in [0, 0.05) is 10.4 Å². The molecule has 2 aromatic rings. The molecule has 0 bridgehead atoms. The Balaban J connectivity index is 2.09. The van der Waals surface area contributed by atoms with Gasteiger partial charge in [0.05, 0.1) is 6.04 Å². The fourth-order valence-corrected chi connectivity index (χ4v) is 3.47. The van der Waals surface area contributed by atoms with Crippen LogP contribution in [0, 0.1) is 0 Å². The molecule has 0 radical (unpaired) electrons. The van der Waals surface area contributed by atoms with Gasteiger partial charge >= 0.3 is 0 Å². The summed E-state index contributed by atoms with van der Waals surface area (Å²) in [4.78, 5) is 18.1. The molecule has 1 atom stereocenters. The highest BCUT2D eigenvalue weighted by Crippen LogP contribution is 2.28. The third-order valence-corrected chi connectivity index (χ3v) is 4.70. The minimum Gasteiger partial charge on any atom is -0.382 e. The second kappa shape index (κ2) is 6.03. The van der Waals surface area contributed by atoms with Crippen LogP contribution in [0.25, 0.3) is 0 Å². The summed E-state index contributed by atoms with van der Waals surface area (Å²) in [6.45, 7) is 8.05.